The fourth-order valence-corrected chi connectivity index (χ4v) is 6.07. The van der Waals surface area contributed by atoms with Crippen molar-refractivity contribution in [3.8, 4) is 11.8 Å². The first-order valence-electron chi connectivity index (χ1n) is 13.5. The van der Waals surface area contributed by atoms with Crippen LogP contribution in [0.4, 0.5) is 5.82 Å². The van der Waals surface area contributed by atoms with E-state index in [9.17, 15) is 24.8 Å². The molecule has 0 saturated carbocycles. The van der Waals surface area contributed by atoms with Crippen LogP contribution < -0.4 is 15.3 Å². The first-order chi connectivity index (χ1) is 20.1. The van der Waals surface area contributed by atoms with Crippen LogP contribution in [0.1, 0.15) is 39.3 Å². The number of aliphatic hydroxyl groups is 2. The summed E-state index contributed by atoms with van der Waals surface area (Å²) in [6.07, 6.45) is -1.87. The van der Waals surface area contributed by atoms with Gasteiger partial charge in [-0.1, -0.05) is 44.9 Å². The molecule has 4 rings (SSSR count). The van der Waals surface area contributed by atoms with Crippen LogP contribution in [0.2, 0.25) is 0 Å². The fraction of sp³-hybridized carbons (Fsp3) is 0.481. The zero-order valence-electron chi connectivity index (χ0n) is 23.5. The Labute approximate surface area is 242 Å². The molecule has 0 spiro atoms. The molecule has 1 aliphatic heterocycles. The molecular weight excluding hydrogens is 567 g/mol. The summed E-state index contributed by atoms with van der Waals surface area (Å²) in [7, 11) is -4.32. The summed E-state index contributed by atoms with van der Waals surface area (Å²) in [4.78, 5) is 16.6. The van der Waals surface area contributed by atoms with Crippen LogP contribution in [0.3, 0.4) is 0 Å². The van der Waals surface area contributed by atoms with Gasteiger partial charge in [0, 0.05) is 0 Å². The van der Waals surface area contributed by atoms with Crippen LogP contribution in [0.15, 0.2) is 48.8 Å². The van der Waals surface area contributed by atoms with Crippen molar-refractivity contribution in [1.82, 2.24) is 19.7 Å². The van der Waals surface area contributed by atoms with Gasteiger partial charge >= 0.3 is 13.7 Å². The van der Waals surface area contributed by atoms with Gasteiger partial charge in [0.2, 0.25) is 5.60 Å². The number of nitrogen functional groups attached to an aromatic ring is 1. The summed E-state index contributed by atoms with van der Waals surface area (Å²) >= 11 is 0. The Morgan fingerprint density at radius 3 is 2.64 bits per heavy atom. The number of ether oxygens (including phenoxy) is 2. The minimum absolute atomic E-state index is 0.0961. The second-order valence-corrected chi connectivity index (χ2v) is 11.7. The van der Waals surface area contributed by atoms with Gasteiger partial charge in [0.15, 0.2) is 5.82 Å². The number of hydrogen-bond acceptors (Lipinski definition) is 12. The van der Waals surface area contributed by atoms with Crippen molar-refractivity contribution in [2.75, 3.05) is 18.9 Å². The molecule has 226 valence electrons. The SMILES string of the molecule is CCC(CC)COC(=O)[C@H](C)N[P@](=O)(OC[C@H]1OC(C#N)(c2ccc3c(N)ncnn23)[C@H](O)[C@@H]1O)Oc1ccccc1. The number of aromatic nitrogens is 3. The zero-order chi connectivity index (χ0) is 30.5. The van der Waals surface area contributed by atoms with Gasteiger partial charge in [-0.05, 0) is 37.1 Å². The molecule has 0 radical (unpaired) electrons. The quantitative estimate of drug-likeness (QED) is 0.164. The average Bonchev–Trinajstić information content (AvgIpc) is 3.53. The van der Waals surface area contributed by atoms with Crippen LogP contribution in [0.25, 0.3) is 5.52 Å². The highest BCUT2D eigenvalue weighted by atomic mass is 31.2. The molecule has 5 N–H and O–H groups in total. The van der Waals surface area contributed by atoms with Crippen LogP contribution >= 0.6 is 7.75 Å². The van der Waals surface area contributed by atoms with Crippen LogP contribution in [0, 0.1) is 17.2 Å². The predicted molar refractivity (Wildman–Crippen MR) is 150 cm³/mol. The van der Waals surface area contributed by atoms with E-state index in [1.165, 1.54) is 23.8 Å². The standard InChI is InChI=1S/C27H35N6O8P/c1-4-18(5-2)13-38-26(36)17(3)32-42(37,41-19-9-7-6-8-10-19)39-14-21-23(34)24(35)27(15-28,40-21)22-12-11-20-25(29)30-16-31-33(20)22/h6-12,16-18,21,23-24,34-35H,4-5,13-14H2,1-3H3,(H,32,37)(H2,29,30,31)/t17-,21+,23+,24+,27?,42-/m0/s1. The highest BCUT2D eigenvalue weighted by Crippen LogP contribution is 2.47. The van der Waals surface area contributed by atoms with Crippen molar-refractivity contribution in [1.29, 1.82) is 5.26 Å². The maximum atomic E-state index is 13.9. The number of aliphatic hydroxyl groups excluding tert-OH is 2. The average molecular weight is 603 g/mol. The minimum atomic E-state index is -4.32. The molecule has 42 heavy (non-hydrogen) atoms. The molecule has 3 aromatic rings. The molecule has 1 fully saturated rings. The van der Waals surface area contributed by atoms with Crippen LogP contribution in [-0.2, 0) is 29.0 Å². The number of esters is 1. The highest BCUT2D eigenvalue weighted by Gasteiger charge is 2.58. The summed E-state index contributed by atoms with van der Waals surface area (Å²) in [5, 5.41) is 38.7. The lowest BCUT2D eigenvalue weighted by Crippen LogP contribution is -2.41. The number of nitrogens with two attached hydrogens (primary N) is 1. The first kappa shape index (κ1) is 31.4. The number of para-hydroxylation sites is 1. The molecule has 15 heteroatoms. The molecule has 14 nitrogen and oxygen atoms in total. The smallest absolute Gasteiger partial charge is 0.459 e. The van der Waals surface area contributed by atoms with E-state index >= 15 is 0 Å². The van der Waals surface area contributed by atoms with Gasteiger partial charge in [0.1, 0.15) is 48.0 Å². The van der Waals surface area contributed by atoms with Crippen molar-refractivity contribution >= 4 is 25.1 Å². The molecule has 0 amide bonds. The number of carbonyl (C=O) groups is 1. The maximum Gasteiger partial charge on any atom is 0.459 e. The zero-order valence-corrected chi connectivity index (χ0v) is 24.4. The van der Waals surface area contributed by atoms with Gasteiger partial charge in [-0.15, -0.1) is 0 Å². The summed E-state index contributed by atoms with van der Waals surface area (Å²) < 4.78 is 37.8. The summed E-state index contributed by atoms with van der Waals surface area (Å²) in [5.41, 5.74) is 4.28. The molecule has 0 aliphatic carbocycles. The third-order valence-corrected chi connectivity index (χ3v) is 8.83. The second kappa shape index (κ2) is 13.2. The van der Waals surface area contributed by atoms with E-state index < -0.39 is 50.3 Å². The predicted octanol–water partition coefficient (Wildman–Crippen LogP) is 2.31. The monoisotopic (exact) mass is 602 g/mol. The number of benzene rings is 1. The van der Waals surface area contributed by atoms with Crippen molar-refractivity contribution in [2.45, 2.75) is 63.6 Å². The molecule has 1 aromatic carbocycles. The Kier molecular flexibility index (Phi) is 9.83. The van der Waals surface area contributed by atoms with Gasteiger partial charge in [0.05, 0.1) is 18.9 Å². The fourth-order valence-electron chi connectivity index (χ4n) is 4.57. The number of carbonyl (C=O) groups excluding carboxylic acids is 1. The van der Waals surface area contributed by atoms with Crippen molar-refractivity contribution < 1.29 is 38.1 Å². The third kappa shape index (κ3) is 6.42. The Morgan fingerprint density at radius 2 is 1.98 bits per heavy atom. The summed E-state index contributed by atoms with van der Waals surface area (Å²) in [6, 6.07) is 12.0. The normalized spacial score (nSPS) is 24.3. The van der Waals surface area contributed by atoms with E-state index in [0.29, 0.717) is 5.52 Å². The number of hydrogen-bond donors (Lipinski definition) is 4. The first-order valence-corrected chi connectivity index (χ1v) is 15.1. The molecule has 1 saturated heterocycles. The maximum absolute atomic E-state index is 13.9. The molecule has 0 bridgehead atoms. The Hall–Kier alpha value is -3.57. The number of rotatable bonds is 13. The number of nitrogens with zero attached hydrogens (tertiary/aromatic N) is 4. The summed E-state index contributed by atoms with van der Waals surface area (Å²) in [5.74, 6) is -0.143. The number of nitriles is 1. The second-order valence-electron chi connectivity index (χ2n) is 9.96. The molecule has 6 atom stereocenters. The Bertz CT molecular complexity index is 1460. The van der Waals surface area contributed by atoms with Gasteiger partial charge in [-0.3, -0.25) is 9.32 Å². The van der Waals surface area contributed by atoms with E-state index in [1.807, 2.05) is 19.9 Å². The number of nitrogens with one attached hydrogen (secondary N) is 1. The van der Waals surface area contributed by atoms with Crippen molar-refractivity contribution in [3.05, 3.63) is 54.5 Å². The Balaban J connectivity index is 1.53. The largest absolute Gasteiger partial charge is 0.464 e. The van der Waals surface area contributed by atoms with E-state index in [-0.39, 0.29) is 29.8 Å². The van der Waals surface area contributed by atoms with E-state index in [2.05, 4.69) is 15.2 Å². The van der Waals surface area contributed by atoms with Gasteiger partial charge in [0.25, 0.3) is 0 Å². The van der Waals surface area contributed by atoms with Crippen molar-refractivity contribution in [2.24, 2.45) is 5.92 Å². The van der Waals surface area contributed by atoms with E-state index in [0.717, 1.165) is 12.8 Å². The topological polar surface area (TPSA) is 204 Å². The molecule has 2 aromatic heterocycles. The lowest BCUT2D eigenvalue weighted by Gasteiger charge is -2.25. The Morgan fingerprint density at radius 1 is 1.26 bits per heavy atom. The van der Waals surface area contributed by atoms with E-state index in [4.69, 9.17) is 24.3 Å². The van der Waals surface area contributed by atoms with Crippen LogP contribution in [-0.4, -0.2) is 68.3 Å². The van der Waals surface area contributed by atoms with E-state index in [1.54, 1.807) is 36.4 Å². The summed E-state index contributed by atoms with van der Waals surface area (Å²) in [6.45, 7) is 5.08. The molecule has 3 heterocycles. The number of fused-ring (bicyclic) bond motifs is 1. The highest BCUT2D eigenvalue weighted by molar-refractivity contribution is 7.52. The van der Waals surface area contributed by atoms with Gasteiger partial charge < -0.3 is 29.9 Å². The van der Waals surface area contributed by atoms with Crippen LogP contribution in [0.5, 0.6) is 5.75 Å². The van der Waals surface area contributed by atoms with Gasteiger partial charge in [-0.2, -0.15) is 15.4 Å². The molecule has 1 aliphatic rings. The molecular formula is C27H35N6O8P. The van der Waals surface area contributed by atoms with Gasteiger partial charge in [-0.25, -0.2) is 14.1 Å². The third-order valence-electron chi connectivity index (χ3n) is 7.19. The van der Waals surface area contributed by atoms with Crippen molar-refractivity contribution in [3.63, 3.8) is 0 Å². The number of anilines is 1. The minimum Gasteiger partial charge on any atom is -0.464 e. The lowest BCUT2D eigenvalue weighted by atomic mass is 9.92. The molecule has 1 unspecified atom stereocenters. The lowest BCUT2D eigenvalue weighted by molar-refractivity contribution is -0.146.